The van der Waals surface area contributed by atoms with E-state index in [1.54, 1.807) is 12.2 Å². The van der Waals surface area contributed by atoms with Gasteiger partial charge in [0, 0.05) is 5.70 Å². The van der Waals surface area contributed by atoms with Crippen molar-refractivity contribution in [1.82, 2.24) is 0 Å². The van der Waals surface area contributed by atoms with E-state index in [-0.39, 0.29) is 11.5 Å². The lowest BCUT2D eigenvalue weighted by molar-refractivity contribution is -0.132. The molecule has 64 valence electrons. The Labute approximate surface area is 70.9 Å². The molecule has 1 unspecified atom stereocenters. The Kier molecular flexibility index (Phi) is 2.33. The van der Waals surface area contributed by atoms with Gasteiger partial charge in [0.1, 0.15) is 0 Å². The molecule has 0 aromatic heterocycles. The standard InChI is InChI=1S/C9H11NO2/c1-6-2-3-7(9(11)12)5-8(10)4-6/h2-6H,10H2,1H3,(H,11,12). The zero-order valence-electron chi connectivity index (χ0n) is 6.82. The quantitative estimate of drug-likeness (QED) is 0.610. The maximum Gasteiger partial charge on any atom is 0.335 e. The van der Waals surface area contributed by atoms with Crippen molar-refractivity contribution in [2.45, 2.75) is 6.92 Å². The van der Waals surface area contributed by atoms with Crippen molar-refractivity contribution >= 4 is 5.97 Å². The Hall–Kier alpha value is -1.51. The van der Waals surface area contributed by atoms with E-state index < -0.39 is 5.97 Å². The molecule has 0 spiro atoms. The third kappa shape index (κ3) is 1.99. The Morgan fingerprint density at radius 3 is 2.92 bits per heavy atom. The minimum atomic E-state index is -0.948. The molecule has 0 saturated heterocycles. The van der Waals surface area contributed by atoms with Gasteiger partial charge in [0.2, 0.25) is 0 Å². The van der Waals surface area contributed by atoms with Gasteiger partial charge in [-0.2, -0.15) is 0 Å². The molecule has 1 aliphatic carbocycles. The van der Waals surface area contributed by atoms with Crippen molar-refractivity contribution in [3.8, 4) is 0 Å². The average molecular weight is 165 g/mol. The normalized spacial score (nSPS) is 22.6. The van der Waals surface area contributed by atoms with Gasteiger partial charge in [-0.1, -0.05) is 25.2 Å². The largest absolute Gasteiger partial charge is 0.478 e. The fraction of sp³-hybridized carbons (Fsp3) is 0.222. The number of hydrogen-bond donors (Lipinski definition) is 2. The van der Waals surface area contributed by atoms with Crippen LogP contribution in [0.4, 0.5) is 0 Å². The monoisotopic (exact) mass is 165 g/mol. The molecule has 1 rings (SSSR count). The lowest BCUT2D eigenvalue weighted by atomic mass is 10.1. The topological polar surface area (TPSA) is 63.3 Å². The van der Waals surface area contributed by atoms with Crippen LogP contribution >= 0.6 is 0 Å². The second-order valence-electron chi connectivity index (χ2n) is 2.79. The maximum atomic E-state index is 10.6. The predicted molar refractivity (Wildman–Crippen MR) is 46.3 cm³/mol. The second-order valence-corrected chi connectivity index (χ2v) is 2.79. The van der Waals surface area contributed by atoms with Crippen molar-refractivity contribution in [3.63, 3.8) is 0 Å². The molecular weight excluding hydrogens is 154 g/mol. The van der Waals surface area contributed by atoms with E-state index in [2.05, 4.69) is 0 Å². The molecule has 12 heavy (non-hydrogen) atoms. The van der Waals surface area contributed by atoms with E-state index >= 15 is 0 Å². The van der Waals surface area contributed by atoms with Gasteiger partial charge in [-0.15, -0.1) is 0 Å². The Balaban J connectivity index is 2.98. The van der Waals surface area contributed by atoms with Crippen LogP contribution in [0.3, 0.4) is 0 Å². The fourth-order valence-corrected chi connectivity index (χ4v) is 1.02. The first-order valence-corrected chi connectivity index (χ1v) is 3.70. The first-order chi connectivity index (χ1) is 5.59. The molecule has 0 aromatic carbocycles. The molecule has 0 heterocycles. The van der Waals surface area contributed by atoms with Crippen LogP contribution in [0.5, 0.6) is 0 Å². The van der Waals surface area contributed by atoms with Gasteiger partial charge >= 0.3 is 5.97 Å². The molecule has 0 amide bonds. The fourth-order valence-electron chi connectivity index (χ4n) is 1.02. The van der Waals surface area contributed by atoms with Gasteiger partial charge in [-0.25, -0.2) is 4.79 Å². The lowest BCUT2D eigenvalue weighted by Gasteiger charge is -1.95. The third-order valence-electron chi connectivity index (χ3n) is 1.60. The zero-order valence-corrected chi connectivity index (χ0v) is 6.82. The van der Waals surface area contributed by atoms with Crippen LogP contribution in [0.25, 0.3) is 0 Å². The highest BCUT2D eigenvalue weighted by Crippen LogP contribution is 2.12. The van der Waals surface area contributed by atoms with Gasteiger partial charge in [-0.3, -0.25) is 0 Å². The second kappa shape index (κ2) is 3.26. The summed E-state index contributed by atoms with van der Waals surface area (Å²) in [7, 11) is 0. The molecule has 0 saturated carbocycles. The highest BCUT2D eigenvalue weighted by Gasteiger charge is 2.06. The van der Waals surface area contributed by atoms with Crippen LogP contribution in [0.1, 0.15) is 6.92 Å². The molecule has 3 N–H and O–H groups in total. The Morgan fingerprint density at radius 2 is 2.33 bits per heavy atom. The van der Waals surface area contributed by atoms with Crippen molar-refractivity contribution in [1.29, 1.82) is 0 Å². The van der Waals surface area contributed by atoms with Crippen LogP contribution < -0.4 is 5.73 Å². The number of aliphatic carboxylic acids is 1. The molecule has 1 atom stereocenters. The number of carboxylic acids is 1. The SMILES string of the molecule is CC1C=CC(C(=O)O)=CC(N)=C1. The molecule has 0 aromatic rings. The Morgan fingerprint density at radius 1 is 1.67 bits per heavy atom. The molecular formula is C9H11NO2. The molecule has 0 bridgehead atoms. The summed E-state index contributed by atoms with van der Waals surface area (Å²) < 4.78 is 0. The number of carbonyl (C=O) groups is 1. The first-order valence-electron chi connectivity index (χ1n) is 3.70. The van der Waals surface area contributed by atoms with Crippen molar-refractivity contribution < 1.29 is 9.90 Å². The summed E-state index contributed by atoms with van der Waals surface area (Å²) in [6.07, 6.45) is 6.65. The number of nitrogens with two attached hydrogens (primary N) is 1. The molecule has 0 radical (unpaired) electrons. The van der Waals surface area contributed by atoms with Crippen LogP contribution in [-0.2, 0) is 4.79 Å². The minimum Gasteiger partial charge on any atom is -0.478 e. The van der Waals surface area contributed by atoms with Gasteiger partial charge in [0.25, 0.3) is 0 Å². The molecule has 0 aliphatic heterocycles. The third-order valence-corrected chi connectivity index (χ3v) is 1.60. The predicted octanol–water partition coefficient (Wildman–Crippen LogP) is 1.05. The van der Waals surface area contributed by atoms with Crippen LogP contribution in [0.15, 0.2) is 35.6 Å². The highest BCUT2D eigenvalue weighted by atomic mass is 16.4. The summed E-state index contributed by atoms with van der Waals surface area (Å²) in [5.74, 6) is -0.755. The van der Waals surface area contributed by atoms with E-state index in [1.807, 2.05) is 13.0 Å². The van der Waals surface area contributed by atoms with Gasteiger partial charge in [0.15, 0.2) is 0 Å². The Bertz CT molecular complexity index is 287. The summed E-state index contributed by atoms with van der Waals surface area (Å²) in [6, 6.07) is 0. The lowest BCUT2D eigenvalue weighted by Crippen LogP contribution is -2.00. The average Bonchev–Trinajstić information content (AvgIpc) is 2.11. The number of allylic oxidation sites excluding steroid dienone is 3. The summed E-state index contributed by atoms with van der Waals surface area (Å²) in [5, 5.41) is 8.66. The first kappa shape index (κ1) is 8.59. The van der Waals surface area contributed by atoms with E-state index in [0.29, 0.717) is 5.70 Å². The number of hydrogen-bond acceptors (Lipinski definition) is 2. The number of carboxylic acid groups (broad SMARTS) is 1. The molecule has 3 heteroatoms. The summed E-state index contributed by atoms with van der Waals surface area (Å²) >= 11 is 0. The van der Waals surface area contributed by atoms with Crippen LogP contribution in [-0.4, -0.2) is 11.1 Å². The molecule has 1 aliphatic rings. The van der Waals surface area contributed by atoms with E-state index in [1.165, 1.54) is 6.08 Å². The molecule has 0 fully saturated rings. The van der Waals surface area contributed by atoms with E-state index in [4.69, 9.17) is 10.8 Å². The molecule has 3 nitrogen and oxygen atoms in total. The van der Waals surface area contributed by atoms with Crippen molar-refractivity contribution in [3.05, 3.63) is 35.6 Å². The van der Waals surface area contributed by atoms with Gasteiger partial charge < -0.3 is 10.8 Å². The van der Waals surface area contributed by atoms with Gasteiger partial charge in [0.05, 0.1) is 5.57 Å². The van der Waals surface area contributed by atoms with Crippen LogP contribution in [0, 0.1) is 5.92 Å². The van der Waals surface area contributed by atoms with E-state index in [9.17, 15) is 4.79 Å². The minimum absolute atomic E-state index is 0.193. The zero-order chi connectivity index (χ0) is 9.14. The summed E-state index contributed by atoms with van der Waals surface area (Å²) in [6.45, 7) is 1.95. The number of rotatable bonds is 1. The summed E-state index contributed by atoms with van der Waals surface area (Å²) in [5.41, 5.74) is 6.27. The summed E-state index contributed by atoms with van der Waals surface area (Å²) in [4.78, 5) is 10.6. The van der Waals surface area contributed by atoms with Crippen molar-refractivity contribution in [2.24, 2.45) is 11.7 Å². The smallest absolute Gasteiger partial charge is 0.335 e. The van der Waals surface area contributed by atoms with Gasteiger partial charge in [-0.05, 0) is 12.0 Å². The van der Waals surface area contributed by atoms with Crippen LogP contribution in [0.2, 0.25) is 0 Å². The van der Waals surface area contributed by atoms with E-state index in [0.717, 1.165) is 0 Å². The van der Waals surface area contributed by atoms with Crippen molar-refractivity contribution in [2.75, 3.05) is 0 Å². The maximum absolute atomic E-state index is 10.6. The highest BCUT2D eigenvalue weighted by molar-refractivity contribution is 5.90.